The zero-order valence-electron chi connectivity index (χ0n) is 12.4. The van der Waals surface area contributed by atoms with Crippen LogP contribution in [0.4, 0.5) is 0 Å². The molecular formula is C16H24N2O2. The van der Waals surface area contributed by atoms with Gasteiger partial charge in [-0.15, -0.1) is 0 Å². The summed E-state index contributed by atoms with van der Waals surface area (Å²) in [4.78, 5) is 14.3. The number of aryl methyl sites for hydroxylation is 1. The first kappa shape index (κ1) is 15.0. The van der Waals surface area contributed by atoms with E-state index in [1.54, 1.807) is 7.11 Å². The summed E-state index contributed by atoms with van der Waals surface area (Å²) in [6.45, 7) is 4.54. The Morgan fingerprint density at radius 1 is 1.45 bits per heavy atom. The monoisotopic (exact) mass is 276 g/mol. The highest BCUT2D eigenvalue weighted by atomic mass is 16.5. The maximum Gasteiger partial charge on any atom is 0.237 e. The van der Waals surface area contributed by atoms with Crippen molar-refractivity contribution in [3.05, 3.63) is 35.4 Å². The largest absolute Gasteiger partial charge is 0.383 e. The predicted molar refractivity (Wildman–Crippen MR) is 79.5 cm³/mol. The minimum atomic E-state index is 0.185. The molecule has 0 aromatic heterocycles. The number of methoxy groups -OCH3 is 1. The SMILES string of the molecule is COCCNCC(=O)N(Cc1cccc(C)c1)C1CC1. The number of carbonyl (C=O) groups excluding carboxylic acids is 1. The van der Waals surface area contributed by atoms with Crippen LogP contribution in [0.5, 0.6) is 0 Å². The molecule has 0 atom stereocenters. The molecule has 4 nitrogen and oxygen atoms in total. The number of ether oxygens (including phenoxy) is 1. The van der Waals surface area contributed by atoms with Crippen molar-refractivity contribution in [2.24, 2.45) is 0 Å². The normalized spacial score (nSPS) is 14.3. The van der Waals surface area contributed by atoms with Crippen LogP contribution in [0.1, 0.15) is 24.0 Å². The van der Waals surface area contributed by atoms with Gasteiger partial charge in [-0.05, 0) is 25.3 Å². The van der Waals surface area contributed by atoms with E-state index in [1.165, 1.54) is 11.1 Å². The fourth-order valence-corrected chi connectivity index (χ4v) is 2.29. The first-order valence-corrected chi connectivity index (χ1v) is 7.25. The third kappa shape index (κ3) is 4.62. The zero-order valence-corrected chi connectivity index (χ0v) is 12.4. The van der Waals surface area contributed by atoms with Gasteiger partial charge in [0.1, 0.15) is 0 Å². The lowest BCUT2D eigenvalue weighted by atomic mass is 10.1. The molecule has 1 aliphatic rings. The van der Waals surface area contributed by atoms with Gasteiger partial charge in [-0.1, -0.05) is 29.8 Å². The molecular weight excluding hydrogens is 252 g/mol. The predicted octanol–water partition coefficient (Wildman–Crippen LogP) is 1.72. The van der Waals surface area contributed by atoms with Crippen LogP contribution in [0.25, 0.3) is 0 Å². The van der Waals surface area contributed by atoms with E-state index in [0.717, 1.165) is 19.4 Å². The minimum absolute atomic E-state index is 0.185. The van der Waals surface area contributed by atoms with Gasteiger partial charge < -0.3 is 15.0 Å². The van der Waals surface area contributed by atoms with Crippen LogP contribution in [-0.2, 0) is 16.1 Å². The van der Waals surface area contributed by atoms with E-state index < -0.39 is 0 Å². The highest BCUT2D eigenvalue weighted by Crippen LogP contribution is 2.28. The van der Waals surface area contributed by atoms with Crippen LogP contribution in [0.3, 0.4) is 0 Å². The molecule has 0 spiro atoms. The van der Waals surface area contributed by atoms with Gasteiger partial charge in [0.25, 0.3) is 0 Å². The van der Waals surface area contributed by atoms with Crippen molar-refractivity contribution in [2.45, 2.75) is 32.4 Å². The highest BCUT2D eigenvalue weighted by molar-refractivity contribution is 5.79. The maximum absolute atomic E-state index is 12.3. The molecule has 0 bridgehead atoms. The molecule has 1 aromatic rings. The fourth-order valence-electron chi connectivity index (χ4n) is 2.29. The number of nitrogens with one attached hydrogen (secondary N) is 1. The van der Waals surface area contributed by atoms with E-state index in [0.29, 0.717) is 25.7 Å². The average Bonchev–Trinajstić information content (AvgIpc) is 3.25. The molecule has 1 saturated carbocycles. The number of hydrogen-bond acceptors (Lipinski definition) is 3. The van der Waals surface area contributed by atoms with E-state index in [4.69, 9.17) is 4.74 Å². The first-order chi connectivity index (χ1) is 9.70. The Hall–Kier alpha value is -1.39. The quantitative estimate of drug-likeness (QED) is 0.735. The van der Waals surface area contributed by atoms with Gasteiger partial charge in [-0.3, -0.25) is 4.79 Å². The standard InChI is InChI=1S/C16H24N2O2/c1-13-4-3-5-14(10-13)12-18(15-6-7-15)16(19)11-17-8-9-20-2/h3-5,10,15,17H,6-9,11-12H2,1-2H3. The van der Waals surface area contributed by atoms with E-state index in [9.17, 15) is 4.79 Å². The number of nitrogens with zero attached hydrogens (tertiary/aromatic N) is 1. The van der Waals surface area contributed by atoms with Crippen LogP contribution >= 0.6 is 0 Å². The molecule has 110 valence electrons. The molecule has 0 radical (unpaired) electrons. The Morgan fingerprint density at radius 2 is 2.25 bits per heavy atom. The summed E-state index contributed by atoms with van der Waals surface area (Å²) < 4.78 is 4.97. The van der Waals surface area contributed by atoms with E-state index in [2.05, 4.69) is 36.5 Å². The summed E-state index contributed by atoms with van der Waals surface area (Å²) in [5.74, 6) is 0.185. The van der Waals surface area contributed by atoms with Crippen molar-refractivity contribution in [1.29, 1.82) is 0 Å². The van der Waals surface area contributed by atoms with Crippen molar-refractivity contribution in [1.82, 2.24) is 10.2 Å². The molecule has 0 unspecified atom stereocenters. The summed E-state index contributed by atoms with van der Waals surface area (Å²) in [6, 6.07) is 8.82. The molecule has 1 aliphatic carbocycles. The number of rotatable bonds is 8. The van der Waals surface area contributed by atoms with Crippen molar-refractivity contribution in [2.75, 3.05) is 26.8 Å². The lowest BCUT2D eigenvalue weighted by Crippen LogP contribution is -2.40. The van der Waals surface area contributed by atoms with Crippen LogP contribution in [0.2, 0.25) is 0 Å². The third-order valence-electron chi connectivity index (χ3n) is 3.50. The van der Waals surface area contributed by atoms with Crippen LogP contribution in [0, 0.1) is 6.92 Å². The van der Waals surface area contributed by atoms with Crippen molar-refractivity contribution in [3.63, 3.8) is 0 Å². The van der Waals surface area contributed by atoms with E-state index in [-0.39, 0.29) is 5.91 Å². The second kappa shape index (κ2) is 7.41. The Bertz CT molecular complexity index is 444. The van der Waals surface area contributed by atoms with Crippen LogP contribution in [-0.4, -0.2) is 43.7 Å². The Labute approximate surface area is 121 Å². The van der Waals surface area contributed by atoms with Crippen molar-refractivity contribution < 1.29 is 9.53 Å². The fraction of sp³-hybridized carbons (Fsp3) is 0.562. The Morgan fingerprint density at radius 3 is 2.90 bits per heavy atom. The third-order valence-corrected chi connectivity index (χ3v) is 3.50. The molecule has 4 heteroatoms. The summed E-state index contributed by atoms with van der Waals surface area (Å²) in [5.41, 5.74) is 2.45. The molecule has 1 aromatic carbocycles. The van der Waals surface area contributed by atoms with E-state index in [1.807, 2.05) is 4.90 Å². The van der Waals surface area contributed by atoms with Gasteiger partial charge in [0.05, 0.1) is 13.2 Å². The average molecular weight is 276 g/mol. The van der Waals surface area contributed by atoms with Crippen LogP contribution < -0.4 is 5.32 Å². The molecule has 2 rings (SSSR count). The zero-order chi connectivity index (χ0) is 14.4. The number of benzene rings is 1. The minimum Gasteiger partial charge on any atom is -0.383 e. The summed E-state index contributed by atoms with van der Waals surface area (Å²) >= 11 is 0. The van der Waals surface area contributed by atoms with Crippen LogP contribution in [0.15, 0.2) is 24.3 Å². The Balaban J connectivity index is 1.88. The first-order valence-electron chi connectivity index (χ1n) is 7.25. The maximum atomic E-state index is 12.3. The van der Waals surface area contributed by atoms with Gasteiger partial charge in [0.15, 0.2) is 0 Å². The van der Waals surface area contributed by atoms with Gasteiger partial charge in [-0.2, -0.15) is 0 Å². The molecule has 0 saturated heterocycles. The molecule has 1 amide bonds. The summed E-state index contributed by atoms with van der Waals surface area (Å²) in [5, 5.41) is 3.13. The van der Waals surface area contributed by atoms with Crippen molar-refractivity contribution >= 4 is 5.91 Å². The van der Waals surface area contributed by atoms with Gasteiger partial charge in [-0.25, -0.2) is 0 Å². The lowest BCUT2D eigenvalue weighted by molar-refractivity contribution is -0.131. The molecule has 0 heterocycles. The van der Waals surface area contributed by atoms with Crippen molar-refractivity contribution in [3.8, 4) is 0 Å². The summed E-state index contributed by atoms with van der Waals surface area (Å²) in [7, 11) is 1.66. The number of hydrogen-bond donors (Lipinski definition) is 1. The highest BCUT2D eigenvalue weighted by Gasteiger charge is 2.32. The van der Waals surface area contributed by atoms with Gasteiger partial charge in [0.2, 0.25) is 5.91 Å². The smallest absolute Gasteiger partial charge is 0.237 e. The molecule has 20 heavy (non-hydrogen) atoms. The topological polar surface area (TPSA) is 41.6 Å². The van der Waals surface area contributed by atoms with Gasteiger partial charge >= 0.3 is 0 Å². The second-order valence-corrected chi connectivity index (χ2v) is 5.41. The molecule has 1 fully saturated rings. The number of amides is 1. The van der Waals surface area contributed by atoms with Gasteiger partial charge in [0, 0.05) is 26.2 Å². The molecule has 0 aliphatic heterocycles. The Kier molecular flexibility index (Phi) is 5.56. The summed E-state index contributed by atoms with van der Waals surface area (Å²) in [6.07, 6.45) is 2.27. The second-order valence-electron chi connectivity index (χ2n) is 5.41. The number of carbonyl (C=O) groups is 1. The molecule has 1 N–H and O–H groups in total. The van der Waals surface area contributed by atoms with E-state index >= 15 is 0 Å². The lowest BCUT2D eigenvalue weighted by Gasteiger charge is -2.23.